The Bertz CT molecular complexity index is 1280. The maximum absolute atomic E-state index is 14.0. The van der Waals surface area contributed by atoms with Crippen LogP contribution in [0.2, 0.25) is 0 Å². The number of hydrogen-bond acceptors (Lipinski definition) is 4. The van der Waals surface area contributed by atoms with E-state index in [1.54, 1.807) is 4.90 Å². The van der Waals surface area contributed by atoms with E-state index < -0.39 is 58.7 Å². The normalized spacial score (nSPS) is 23.6. The van der Waals surface area contributed by atoms with Gasteiger partial charge in [-0.3, -0.25) is 9.59 Å². The minimum Gasteiger partial charge on any atom is -0.391 e. The quantitative estimate of drug-likeness (QED) is 0.449. The van der Waals surface area contributed by atoms with Gasteiger partial charge in [-0.2, -0.15) is 26.3 Å². The number of benzene rings is 2. The van der Waals surface area contributed by atoms with E-state index in [2.05, 4.69) is 0 Å². The third kappa shape index (κ3) is 4.11. The second-order valence-corrected chi connectivity index (χ2v) is 9.44. The lowest BCUT2D eigenvalue weighted by atomic mass is 9.84. The number of aliphatic hydroxyl groups is 1. The summed E-state index contributed by atoms with van der Waals surface area (Å²) in [5, 5.41) is 10.1. The number of hydrogen-bond donors (Lipinski definition) is 1. The van der Waals surface area contributed by atoms with Gasteiger partial charge in [0, 0.05) is 23.7 Å². The molecule has 2 aromatic rings. The third-order valence-corrected chi connectivity index (χ3v) is 7.31. The largest absolute Gasteiger partial charge is 0.417 e. The summed E-state index contributed by atoms with van der Waals surface area (Å²) in [7, 11) is 0. The minimum atomic E-state index is -4.83. The fourth-order valence-electron chi connectivity index (χ4n) is 5.73. The molecule has 0 saturated carbocycles. The highest BCUT2D eigenvalue weighted by molar-refractivity contribution is 6.28. The van der Waals surface area contributed by atoms with Crippen LogP contribution in [0.1, 0.15) is 51.9 Å². The van der Waals surface area contributed by atoms with Crippen LogP contribution in [0.25, 0.3) is 0 Å². The van der Waals surface area contributed by atoms with Gasteiger partial charge in [0.05, 0.1) is 28.8 Å². The monoisotopic (exact) mass is 509 g/mol. The number of nitrogens with zero attached hydrogens (tertiary/aromatic N) is 1. The number of Topliss-reactive ketones (excluding diaryl/α,β-unsaturated/α-hetero) is 2. The van der Waals surface area contributed by atoms with Crippen molar-refractivity contribution in [2.75, 3.05) is 4.90 Å². The Hall–Kier alpha value is -3.14. The van der Waals surface area contributed by atoms with Crippen molar-refractivity contribution >= 4 is 17.3 Å². The molecule has 3 atom stereocenters. The highest BCUT2D eigenvalue weighted by Gasteiger charge is 2.46. The molecular formula is C26H21F6NO3. The van der Waals surface area contributed by atoms with E-state index in [0.717, 1.165) is 24.6 Å². The lowest BCUT2D eigenvalue weighted by Gasteiger charge is -2.26. The molecule has 2 fully saturated rings. The second kappa shape index (κ2) is 8.47. The zero-order valence-electron chi connectivity index (χ0n) is 18.8. The molecule has 3 unspecified atom stereocenters. The fourth-order valence-corrected chi connectivity index (χ4v) is 5.73. The summed E-state index contributed by atoms with van der Waals surface area (Å²) in [5.74, 6) is -2.11. The molecule has 190 valence electrons. The van der Waals surface area contributed by atoms with E-state index >= 15 is 0 Å². The van der Waals surface area contributed by atoms with Crippen LogP contribution < -0.4 is 4.90 Å². The summed E-state index contributed by atoms with van der Waals surface area (Å²) in [6.45, 7) is 0. The molecule has 1 aliphatic carbocycles. The molecule has 3 aliphatic rings. The average Bonchev–Trinajstić information content (AvgIpc) is 3.34. The number of allylic oxidation sites excluding steroid dienone is 2. The predicted octanol–water partition coefficient (Wildman–Crippen LogP) is 5.30. The molecule has 0 radical (unpaired) electrons. The summed E-state index contributed by atoms with van der Waals surface area (Å²) in [4.78, 5) is 27.6. The van der Waals surface area contributed by atoms with Crippen LogP contribution in [0.4, 0.5) is 32.0 Å². The van der Waals surface area contributed by atoms with Gasteiger partial charge in [0.1, 0.15) is 0 Å². The van der Waals surface area contributed by atoms with Crippen LogP contribution in [-0.2, 0) is 30.0 Å². The van der Waals surface area contributed by atoms with Gasteiger partial charge in [0.25, 0.3) is 0 Å². The molecule has 0 aromatic heterocycles. The molecule has 2 aromatic carbocycles. The molecule has 5 rings (SSSR count). The summed E-state index contributed by atoms with van der Waals surface area (Å²) in [5.41, 5.74) is -3.37. The number of anilines is 1. The summed E-state index contributed by atoms with van der Waals surface area (Å²) in [6, 6.07) is 6.50. The van der Waals surface area contributed by atoms with Gasteiger partial charge >= 0.3 is 12.4 Å². The van der Waals surface area contributed by atoms with Crippen molar-refractivity contribution in [3.05, 3.63) is 75.9 Å². The Morgan fingerprint density at radius 2 is 1.72 bits per heavy atom. The number of ketones is 2. The van der Waals surface area contributed by atoms with E-state index in [4.69, 9.17) is 0 Å². The number of alkyl halides is 6. The predicted molar refractivity (Wildman–Crippen MR) is 118 cm³/mol. The molecule has 1 N–H and O–H groups in total. The first-order valence-electron chi connectivity index (χ1n) is 11.5. The van der Waals surface area contributed by atoms with Crippen molar-refractivity contribution in [2.24, 2.45) is 0 Å². The molecule has 0 spiro atoms. The van der Waals surface area contributed by atoms with Crippen LogP contribution in [0.3, 0.4) is 0 Å². The zero-order chi connectivity index (χ0) is 26.0. The molecular weight excluding hydrogens is 488 g/mol. The van der Waals surface area contributed by atoms with Crippen molar-refractivity contribution in [3.63, 3.8) is 0 Å². The van der Waals surface area contributed by atoms with Crippen LogP contribution in [0.15, 0.2) is 48.0 Å². The van der Waals surface area contributed by atoms with E-state index in [0.29, 0.717) is 18.5 Å². The highest BCUT2D eigenvalue weighted by atomic mass is 19.4. The first-order chi connectivity index (χ1) is 16.9. The average molecular weight is 509 g/mol. The van der Waals surface area contributed by atoms with E-state index in [-0.39, 0.29) is 29.6 Å². The Kier molecular flexibility index (Phi) is 5.77. The van der Waals surface area contributed by atoms with Crippen molar-refractivity contribution < 1.29 is 41.0 Å². The molecule has 2 aliphatic heterocycles. The Labute approximate surface area is 202 Å². The third-order valence-electron chi connectivity index (χ3n) is 7.31. The van der Waals surface area contributed by atoms with Gasteiger partial charge in [-0.05, 0) is 55.0 Å². The lowest BCUT2D eigenvalue weighted by Crippen LogP contribution is -2.32. The van der Waals surface area contributed by atoms with E-state index in [1.165, 1.54) is 24.3 Å². The highest BCUT2D eigenvalue weighted by Crippen LogP contribution is 2.44. The Balaban J connectivity index is 1.45. The van der Waals surface area contributed by atoms with E-state index in [9.17, 15) is 41.0 Å². The molecule has 0 amide bonds. The fraction of sp³-hybridized carbons (Fsp3) is 0.385. The molecule has 2 bridgehead atoms. The van der Waals surface area contributed by atoms with Crippen LogP contribution in [0, 0.1) is 0 Å². The Morgan fingerprint density at radius 1 is 1.00 bits per heavy atom. The topological polar surface area (TPSA) is 57.6 Å². The van der Waals surface area contributed by atoms with Crippen molar-refractivity contribution in [3.8, 4) is 0 Å². The minimum absolute atomic E-state index is 0.0634. The smallest absolute Gasteiger partial charge is 0.391 e. The molecule has 4 nitrogen and oxygen atoms in total. The summed E-state index contributed by atoms with van der Waals surface area (Å²) >= 11 is 0. The number of halogens is 6. The van der Waals surface area contributed by atoms with Gasteiger partial charge in [0.2, 0.25) is 0 Å². The number of aliphatic hydroxyl groups excluding tert-OH is 1. The molecule has 10 heteroatoms. The number of carbonyl (C=O) groups is 2. The van der Waals surface area contributed by atoms with Gasteiger partial charge < -0.3 is 10.0 Å². The van der Waals surface area contributed by atoms with Crippen molar-refractivity contribution in [1.29, 1.82) is 0 Å². The Morgan fingerprint density at radius 3 is 2.33 bits per heavy atom. The van der Waals surface area contributed by atoms with Crippen LogP contribution >= 0.6 is 0 Å². The standard InChI is InChI=1S/C26H21F6NO3/c27-25(28,29)18-3-1-2-13-5-8-17(24(36)23(13)18)21(34)10-14-4-6-15(11-19(14)26(30,31)32)33-16-7-9-20(33)22(35)12-16/h1-4,6,8,11,16,20,22,35H,5,7,9-10,12H2. The maximum atomic E-state index is 14.0. The second-order valence-electron chi connectivity index (χ2n) is 9.44. The van der Waals surface area contributed by atoms with E-state index in [1.807, 2.05) is 0 Å². The molecule has 2 saturated heterocycles. The van der Waals surface area contributed by atoms with Gasteiger partial charge in [-0.15, -0.1) is 0 Å². The first kappa shape index (κ1) is 24.5. The molecule has 2 heterocycles. The summed E-state index contributed by atoms with van der Waals surface area (Å²) < 4.78 is 82.3. The van der Waals surface area contributed by atoms with Gasteiger partial charge in [-0.25, -0.2) is 0 Å². The lowest BCUT2D eigenvalue weighted by molar-refractivity contribution is -0.139. The number of fused-ring (bicyclic) bond motifs is 3. The van der Waals surface area contributed by atoms with Gasteiger partial charge in [-0.1, -0.05) is 24.3 Å². The van der Waals surface area contributed by atoms with Crippen LogP contribution in [0.5, 0.6) is 0 Å². The SMILES string of the molecule is O=C(Cc1ccc(N2C3CCC2C(O)C3)cc1C(F)(F)F)C1=CCc2cccc(C(F)(F)F)c2C1=O. The number of rotatable bonds is 4. The maximum Gasteiger partial charge on any atom is 0.417 e. The zero-order valence-corrected chi connectivity index (χ0v) is 18.8. The first-order valence-corrected chi connectivity index (χ1v) is 11.5. The van der Waals surface area contributed by atoms with Crippen molar-refractivity contribution in [2.45, 2.75) is 62.6 Å². The summed E-state index contributed by atoms with van der Waals surface area (Å²) in [6.07, 6.45) is -8.05. The number of carbonyl (C=O) groups excluding carboxylic acids is 2. The van der Waals surface area contributed by atoms with Gasteiger partial charge in [0.15, 0.2) is 11.6 Å². The van der Waals surface area contributed by atoms with Crippen LogP contribution in [-0.4, -0.2) is 34.9 Å². The van der Waals surface area contributed by atoms with Crippen molar-refractivity contribution in [1.82, 2.24) is 0 Å². The molecule has 36 heavy (non-hydrogen) atoms.